The molecule has 0 saturated carbocycles. The minimum atomic E-state index is 0.615. The summed E-state index contributed by atoms with van der Waals surface area (Å²) in [7, 11) is 0. The highest BCUT2D eigenvalue weighted by Gasteiger charge is 2.22. The molecule has 0 N–H and O–H groups in total. The molecule has 294 valence electrons. The molecule has 5 heteroatoms. The number of aromatic nitrogens is 4. The molecule has 3 aromatic heterocycles. The Hall–Kier alpha value is -8.54. The van der Waals surface area contributed by atoms with Crippen LogP contribution < -0.4 is 0 Å². The Morgan fingerprint density at radius 2 is 0.746 bits per heavy atom. The lowest BCUT2D eigenvalue weighted by atomic mass is 9.89. The molecule has 9 aromatic carbocycles. The second-order valence-corrected chi connectivity index (χ2v) is 15.8. The van der Waals surface area contributed by atoms with E-state index in [1.165, 1.54) is 5.56 Å². The maximum Gasteiger partial charge on any atom is 0.164 e. The number of hydrogen-bond donors (Lipinski definition) is 0. The second-order valence-electron chi connectivity index (χ2n) is 15.8. The summed E-state index contributed by atoms with van der Waals surface area (Å²) >= 11 is 0. The molecule has 0 radical (unpaired) electrons. The van der Waals surface area contributed by atoms with Gasteiger partial charge in [0.15, 0.2) is 17.5 Å². The number of hydrogen-bond acceptors (Lipinski definition) is 5. The van der Waals surface area contributed by atoms with Gasteiger partial charge in [0.2, 0.25) is 0 Å². The lowest BCUT2D eigenvalue weighted by molar-refractivity contribution is 0.669. The Morgan fingerprint density at radius 3 is 1.44 bits per heavy atom. The number of fused-ring (bicyclic) bond motifs is 6. The van der Waals surface area contributed by atoms with Crippen molar-refractivity contribution in [1.29, 1.82) is 0 Å². The van der Waals surface area contributed by atoms with Crippen molar-refractivity contribution in [2.24, 2.45) is 0 Å². The zero-order valence-electron chi connectivity index (χ0n) is 34.0. The van der Waals surface area contributed by atoms with E-state index < -0.39 is 0 Å². The van der Waals surface area contributed by atoms with Crippen LogP contribution in [-0.2, 0) is 0 Å². The molecule has 0 atom stereocenters. The highest BCUT2D eigenvalue weighted by atomic mass is 16.3. The summed E-state index contributed by atoms with van der Waals surface area (Å²) < 4.78 is 6.63. The molecule has 0 aliphatic carbocycles. The van der Waals surface area contributed by atoms with Crippen molar-refractivity contribution in [2.45, 2.75) is 0 Å². The van der Waals surface area contributed by atoms with Crippen LogP contribution in [0.1, 0.15) is 0 Å². The van der Waals surface area contributed by atoms with Crippen molar-refractivity contribution >= 4 is 43.6 Å². The molecule has 0 saturated heterocycles. The first-order valence-electron chi connectivity index (χ1n) is 21.1. The predicted octanol–water partition coefficient (Wildman–Crippen LogP) is 15.1. The molecule has 0 unspecified atom stereocenters. The molecule has 0 fully saturated rings. The van der Waals surface area contributed by atoms with Crippen LogP contribution in [0.3, 0.4) is 0 Å². The summed E-state index contributed by atoms with van der Waals surface area (Å²) in [5.74, 6) is 1.87. The van der Waals surface area contributed by atoms with E-state index in [-0.39, 0.29) is 0 Å². The summed E-state index contributed by atoms with van der Waals surface area (Å²) in [6.07, 6.45) is 0. The molecule has 12 rings (SSSR count). The fourth-order valence-electron chi connectivity index (χ4n) is 8.88. The molecular formula is C58H36N4O. The maximum absolute atomic E-state index is 6.63. The van der Waals surface area contributed by atoms with E-state index in [2.05, 4.69) is 164 Å². The van der Waals surface area contributed by atoms with Gasteiger partial charge < -0.3 is 4.42 Å². The van der Waals surface area contributed by atoms with Crippen molar-refractivity contribution in [3.63, 3.8) is 0 Å². The van der Waals surface area contributed by atoms with Crippen molar-refractivity contribution in [1.82, 2.24) is 19.9 Å². The number of furan rings is 1. The van der Waals surface area contributed by atoms with Crippen LogP contribution in [0, 0.1) is 0 Å². The molecule has 12 aromatic rings. The first-order chi connectivity index (χ1) is 31.2. The fraction of sp³-hybridized carbons (Fsp3) is 0. The molecule has 63 heavy (non-hydrogen) atoms. The molecule has 0 amide bonds. The maximum atomic E-state index is 6.63. The number of nitrogens with zero attached hydrogens (tertiary/aromatic N) is 4. The van der Waals surface area contributed by atoms with Gasteiger partial charge in [-0.05, 0) is 52.1 Å². The Balaban J connectivity index is 0.987. The van der Waals surface area contributed by atoms with Gasteiger partial charge in [0, 0.05) is 54.7 Å². The van der Waals surface area contributed by atoms with Gasteiger partial charge in [0.05, 0.1) is 11.2 Å². The summed E-state index contributed by atoms with van der Waals surface area (Å²) in [5.41, 5.74) is 14.1. The predicted molar refractivity (Wildman–Crippen MR) is 258 cm³/mol. The van der Waals surface area contributed by atoms with E-state index in [0.717, 1.165) is 99.4 Å². The molecule has 0 aliphatic rings. The summed E-state index contributed by atoms with van der Waals surface area (Å²) in [4.78, 5) is 20.4. The summed E-state index contributed by atoms with van der Waals surface area (Å²) in [6.45, 7) is 0. The molecular weight excluding hydrogens is 769 g/mol. The standard InChI is InChI=1S/C58H36N4O/c1-4-15-37(16-5-1)38-29-33-43(34-30-38)57-60-56(42-19-8-3-9-20-42)61-58(62-57)45-22-14-21-44(35-45)39-27-31-40(32-28-39)52-53-46-23-10-12-25-49(46)59-55(41-17-6-2-7-18-41)48(53)36-51-54(52)47-24-11-13-26-50(47)63-51/h1-36H. The van der Waals surface area contributed by atoms with Crippen molar-refractivity contribution in [3.8, 4) is 78.8 Å². The Bertz CT molecular complexity index is 3640. The zero-order valence-corrected chi connectivity index (χ0v) is 34.0. The molecule has 0 bridgehead atoms. The van der Waals surface area contributed by atoms with Gasteiger partial charge in [0.25, 0.3) is 0 Å². The van der Waals surface area contributed by atoms with Gasteiger partial charge in [-0.1, -0.05) is 194 Å². The summed E-state index contributed by atoms with van der Waals surface area (Å²) in [6, 6.07) is 75.7. The normalized spacial score (nSPS) is 11.5. The van der Waals surface area contributed by atoms with E-state index in [0.29, 0.717) is 17.5 Å². The Kier molecular flexibility index (Phi) is 8.75. The van der Waals surface area contributed by atoms with Gasteiger partial charge in [0.1, 0.15) is 11.2 Å². The topological polar surface area (TPSA) is 64.7 Å². The number of rotatable bonds is 7. The second kappa shape index (κ2) is 15.2. The van der Waals surface area contributed by atoms with Crippen LogP contribution >= 0.6 is 0 Å². The quantitative estimate of drug-likeness (QED) is 0.150. The first kappa shape index (κ1) is 36.3. The van der Waals surface area contributed by atoms with Crippen LogP contribution in [0.4, 0.5) is 0 Å². The lowest BCUT2D eigenvalue weighted by Crippen LogP contribution is -2.00. The largest absolute Gasteiger partial charge is 0.456 e. The average molecular weight is 805 g/mol. The number of benzene rings is 9. The van der Waals surface area contributed by atoms with E-state index in [1.54, 1.807) is 0 Å². The lowest BCUT2D eigenvalue weighted by Gasteiger charge is -2.16. The minimum Gasteiger partial charge on any atom is -0.456 e. The average Bonchev–Trinajstić information content (AvgIpc) is 3.74. The highest BCUT2D eigenvalue weighted by Crippen LogP contribution is 2.46. The van der Waals surface area contributed by atoms with Crippen LogP contribution in [0.2, 0.25) is 0 Å². The van der Waals surface area contributed by atoms with Crippen LogP contribution in [-0.4, -0.2) is 19.9 Å². The molecule has 0 spiro atoms. The minimum absolute atomic E-state index is 0.615. The highest BCUT2D eigenvalue weighted by molar-refractivity contribution is 6.27. The molecule has 5 nitrogen and oxygen atoms in total. The van der Waals surface area contributed by atoms with Gasteiger partial charge in [-0.25, -0.2) is 19.9 Å². The third-order valence-electron chi connectivity index (χ3n) is 11.9. The molecule has 3 heterocycles. The third kappa shape index (κ3) is 6.51. The van der Waals surface area contributed by atoms with Gasteiger partial charge in [-0.2, -0.15) is 0 Å². The van der Waals surface area contributed by atoms with E-state index in [4.69, 9.17) is 24.4 Å². The van der Waals surface area contributed by atoms with Crippen LogP contribution in [0.15, 0.2) is 223 Å². The zero-order chi connectivity index (χ0) is 41.7. The van der Waals surface area contributed by atoms with E-state index in [1.807, 2.05) is 54.6 Å². The SMILES string of the molecule is c1ccc(-c2ccc(-c3nc(-c4ccccc4)nc(-c4cccc(-c5ccc(-c6c7c(cc8c(-c9ccccc9)nc9ccccc9c68)oc6ccccc67)cc5)c4)n3)cc2)cc1. The van der Waals surface area contributed by atoms with Crippen molar-refractivity contribution < 1.29 is 4.42 Å². The molecule has 0 aliphatic heterocycles. The van der Waals surface area contributed by atoms with Crippen molar-refractivity contribution in [2.75, 3.05) is 0 Å². The fourth-order valence-corrected chi connectivity index (χ4v) is 8.88. The van der Waals surface area contributed by atoms with E-state index >= 15 is 0 Å². The van der Waals surface area contributed by atoms with Crippen LogP contribution in [0.25, 0.3) is 122 Å². The Morgan fingerprint density at radius 1 is 0.270 bits per heavy atom. The monoisotopic (exact) mass is 804 g/mol. The smallest absolute Gasteiger partial charge is 0.164 e. The van der Waals surface area contributed by atoms with Gasteiger partial charge in [-0.3, -0.25) is 0 Å². The van der Waals surface area contributed by atoms with Crippen molar-refractivity contribution in [3.05, 3.63) is 218 Å². The first-order valence-corrected chi connectivity index (χ1v) is 21.1. The third-order valence-corrected chi connectivity index (χ3v) is 11.9. The van der Waals surface area contributed by atoms with Gasteiger partial charge in [-0.15, -0.1) is 0 Å². The van der Waals surface area contributed by atoms with Crippen LogP contribution in [0.5, 0.6) is 0 Å². The number of pyridine rings is 1. The van der Waals surface area contributed by atoms with E-state index in [9.17, 15) is 0 Å². The number of para-hydroxylation sites is 2. The van der Waals surface area contributed by atoms with Gasteiger partial charge >= 0.3 is 0 Å². The Labute approximate surface area is 363 Å². The summed E-state index contributed by atoms with van der Waals surface area (Å²) in [5, 5.41) is 5.49.